The number of esters is 3. The maximum absolute atomic E-state index is 13.7. The predicted molar refractivity (Wildman–Crippen MR) is 119 cm³/mol. The molecule has 34 heavy (non-hydrogen) atoms. The van der Waals surface area contributed by atoms with E-state index in [2.05, 4.69) is 18.7 Å². The smallest absolute Gasteiger partial charge is 0.313 e. The summed E-state index contributed by atoms with van der Waals surface area (Å²) in [5.74, 6) is -1.84. The number of piperidine rings is 1. The van der Waals surface area contributed by atoms with Gasteiger partial charge < -0.3 is 18.9 Å². The van der Waals surface area contributed by atoms with Crippen LogP contribution in [0.5, 0.6) is 0 Å². The molecule has 7 aliphatic rings. The lowest BCUT2D eigenvalue weighted by atomic mass is 9.42. The minimum Gasteiger partial charge on any atom is -0.462 e. The Morgan fingerprint density at radius 1 is 1.18 bits per heavy atom. The Kier molecular flexibility index (Phi) is 4.81. The van der Waals surface area contributed by atoms with Gasteiger partial charge >= 0.3 is 17.9 Å². The van der Waals surface area contributed by atoms with Crippen molar-refractivity contribution in [1.82, 2.24) is 4.90 Å². The fourth-order valence-electron chi connectivity index (χ4n) is 10.3. The van der Waals surface area contributed by atoms with Gasteiger partial charge in [-0.3, -0.25) is 19.3 Å². The molecule has 11 atom stereocenters. The fourth-order valence-corrected chi connectivity index (χ4v) is 10.3. The van der Waals surface area contributed by atoms with Gasteiger partial charge in [-0.25, -0.2) is 0 Å². The van der Waals surface area contributed by atoms with Gasteiger partial charge in [0.1, 0.15) is 23.7 Å². The van der Waals surface area contributed by atoms with Gasteiger partial charge in [0.15, 0.2) is 0 Å². The first-order chi connectivity index (χ1) is 16.1. The Balaban J connectivity index is 1.68. The maximum Gasteiger partial charge on any atom is 0.313 e. The topological polar surface area (TPSA) is 91.4 Å². The highest BCUT2D eigenvalue weighted by Crippen LogP contribution is 2.78. The SMILES string of the molecule is CCN1C[C@]2(C)CC[C@H](OC)[C@]34[C@@H]5C[C@@H]6CC[C@@](OC(C)=O)([C@H]([C@H](OC(C)=O)[C@H]23)[C@H]14)[C@H]5C(=O)O6. The summed E-state index contributed by atoms with van der Waals surface area (Å²) in [5.41, 5.74) is -1.50. The van der Waals surface area contributed by atoms with Gasteiger partial charge in [-0.1, -0.05) is 13.8 Å². The molecule has 0 amide bonds. The van der Waals surface area contributed by atoms with Crippen molar-refractivity contribution >= 4 is 17.9 Å². The second-order valence-corrected chi connectivity index (χ2v) is 12.0. The maximum atomic E-state index is 13.7. The zero-order chi connectivity index (χ0) is 24.2. The molecule has 8 nitrogen and oxygen atoms in total. The number of likely N-dealkylation sites (tertiary alicyclic amines) is 1. The van der Waals surface area contributed by atoms with E-state index in [-0.39, 0.29) is 58.8 Å². The lowest BCUT2D eigenvalue weighted by molar-refractivity contribution is -0.272. The van der Waals surface area contributed by atoms with E-state index in [9.17, 15) is 14.4 Å². The number of hydrogen-bond acceptors (Lipinski definition) is 8. The summed E-state index contributed by atoms with van der Waals surface area (Å²) in [6, 6.07) is 0.00965. The molecule has 8 heteroatoms. The van der Waals surface area contributed by atoms with E-state index in [0.717, 1.165) is 32.4 Å². The van der Waals surface area contributed by atoms with Crippen molar-refractivity contribution in [3.05, 3.63) is 0 Å². The molecular formula is C26H37NO7. The van der Waals surface area contributed by atoms with Crippen molar-refractivity contribution in [3.8, 4) is 0 Å². The van der Waals surface area contributed by atoms with E-state index in [1.54, 1.807) is 7.11 Å². The van der Waals surface area contributed by atoms with Gasteiger partial charge in [-0.05, 0) is 50.0 Å². The number of nitrogens with zero attached hydrogens (tertiary/aromatic N) is 1. The van der Waals surface area contributed by atoms with Gasteiger partial charge in [0, 0.05) is 44.9 Å². The summed E-state index contributed by atoms with van der Waals surface area (Å²) in [4.78, 5) is 41.4. The van der Waals surface area contributed by atoms with Crippen LogP contribution in [-0.4, -0.2) is 73.0 Å². The van der Waals surface area contributed by atoms with E-state index in [1.165, 1.54) is 13.8 Å². The van der Waals surface area contributed by atoms with Crippen LogP contribution in [-0.2, 0) is 33.3 Å². The Bertz CT molecular complexity index is 938. The molecule has 0 unspecified atom stereocenters. The minimum absolute atomic E-state index is 0.00965. The predicted octanol–water partition coefficient (Wildman–Crippen LogP) is 2.33. The van der Waals surface area contributed by atoms with Crippen molar-refractivity contribution in [2.45, 2.75) is 89.8 Å². The first-order valence-electron chi connectivity index (χ1n) is 13.0. The second-order valence-electron chi connectivity index (χ2n) is 12.0. The molecule has 188 valence electrons. The molecule has 4 aliphatic carbocycles. The number of hydrogen-bond donors (Lipinski definition) is 0. The zero-order valence-corrected chi connectivity index (χ0v) is 20.9. The molecule has 3 heterocycles. The monoisotopic (exact) mass is 475 g/mol. The summed E-state index contributed by atoms with van der Waals surface area (Å²) in [6.07, 6.45) is 3.18. The Hall–Kier alpha value is -1.67. The largest absolute Gasteiger partial charge is 0.462 e. The van der Waals surface area contributed by atoms with Crippen molar-refractivity contribution < 1.29 is 33.3 Å². The number of methoxy groups -OCH3 is 1. The summed E-state index contributed by atoms with van der Waals surface area (Å²) < 4.78 is 24.8. The number of carbonyl (C=O) groups excluding carboxylic acids is 3. The Morgan fingerprint density at radius 3 is 2.59 bits per heavy atom. The quantitative estimate of drug-likeness (QED) is 0.452. The molecule has 0 aromatic carbocycles. The molecular weight excluding hydrogens is 438 g/mol. The Morgan fingerprint density at radius 2 is 1.94 bits per heavy atom. The van der Waals surface area contributed by atoms with E-state index < -0.39 is 23.6 Å². The highest BCUT2D eigenvalue weighted by Gasteiger charge is 2.86. The summed E-state index contributed by atoms with van der Waals surface area (Å²) >= 11 is 0. The molecule has 4 saturated carbocycles. The molecule has 0 aromatic heterocycles. The standard InChI is InChI=1S/C26H37NO7/c1-6-27-12-24(4)9-8-17(31-5)26-16-11-15-7-10-25(34-14(3)29,18(16)23(30)33-15)19(22(26)27)20(21(24)26)32-13(2)28/h15-22H,6-12H2,1-5H3/t15-,16+,17-,18+,19+,20-,21+,22-,24-,25-,26+/m0/s1. The van der Waals surface area contributed by atoms with Crippen LogP contribution in [0.4, 0.5) is 0 Å². The van der Waals surface area contributed by atoms with Crippen molar-refractivity contribution in [3.63, 3.8) is 0 Å². The average Bonchev–Trinajstić information content (AvgIpc) is 2.83. The van der Waals surface area contributed by atoms with E-state index in [4.69, 9.17) is 18.9 Å². The van der Waals surface area contributed by atoms with Crippen LogP contribution < -0.4 is 0 Å². The zero-order valence-electron chi connectivity index (χ0n) is 20.9. The van der Waals surface area contributed by atoms with Gasteiger partial charge in [-0.2, -0.15) is 0 Å². The molecule has 7 fully saturated rings. The van der Waals surface area contributed by atoms with Crippen LogP contribution in [0.3, 0.4) is 0 Å². The Labute approximate surface area is 201 Å². The highest BCUT2D eigenvalue weighted by molar-refractivity contribution is 5.78. The highest BCUT2D eigenvalue weighted by atomic mass is 16.6. The summed E-state index contributed by atoms with van der Waals surface area (Å²) in [6.45, 7) is 9.14. The van der Waals surface area contributed by atoms with Gasteiger partial charge in [-0.15, -0.1) is 0 Å². The molecule has 7 rings (SSSR count). The minimum atomic E-state index is -1.04. The molecule has 1 spiro atoms. The number of carbonyl (C=O) groups is 3. The third-order valence-electron chi connectivity index (χ3n) is 10.7. The first-order valence-corrected chi connectivity index (χ1v) is 13.0. The second kappa shape index (κ2) is 7.19. The van der Waals surface area contributed by atoms with Crippen molar-refractivity contribution in [1.29, 1.82) is 0 Å². The lowest BCUT2D eigenvalue weighted by Gasteiger charge is -2.69. The van der Waals surface area contributed by atoms with Crippen molar-refractivity contribution in [2.24, 2.45) is 34.5 Å². The number of ether oxygens (including phenoxy) is 4. The van der Waals surface area contributed by atoms with Gasteiger partial charge in [0.05, 0.1) is 12.0 Å². The molecule has 3 aliphatic heterocycles. The van der Waals surface area contributed by atoms with Crippen LogP contribution in [0, 0.1) is 34.5 Å². The van der Waals surface area contributed by atoms with E-state index >= 15 is 0 Å². The van der Waals surface area contributed by atoms with Crippen LogP contribution in [0.25, 0.3) is 0 Å². The average molecular weight is 476 g/mol. The van der Waals surface area contributed by atoms with Crippen LogP contribution in [0.2, 0.25) is 0 Å². The summed E-state index contributed by atoms with van der Waals surface area (Å²) in [7, 11) is 1.78. The number of fused-ring (bicyclic) bond motifs is 2. The first kappa shape index (κ1) is 22.8. The van der Waals surface area contributed by atoms with Crippen molar-refractivity contribution in [2.75, 3.05) is 20.2 Å². The summed E-state index contributed by atoms with van der Waals surface area (Å²) in [5, 5.41) is 0. The van der Waals surface area contributed by atoms with Crippen LogP contribution >= 0.6 is 0 Å². The van der Waals surface area contributed by atoms with Gasteiger partial charge in [0.25, 0.3) is 0 Å². The van der Waals surface area contributed by atoms with E-state index in [0.29, 0.717) is 12.8 Å². The fraction of sp³-hybridized carbons (Fsp3) is 0.885. The number of rotatable bonds is 4. The van der Waals surface area contributed by atoms with Gasteiger partial charge in [0.2, 0.25) is 0 Å². The molecule has 9 bridgehead atoms. The van der Waals surface area contributed by atoms with E-state index in [1.807, 2.05) is 0 Å². The van der Waals surface area contributed by atoms with Crippen LogP contribution in [0.1, 0.15) is 59.8 Å². The van der Waals surface area contributed by atoms with Crippen LogP contribution in [0.15, 0.2) is 0 Å². The lowest BCUT2D eigenvalue weighted by Crippen LogP contribution is -2.76. The molecule has 0 aromatic rings. The third kappa shape index (κ3) is 2.49. The third-order valence-corrected chi connectivity index (χ3v) is 10.7. The normalized spacial score (nSPS) is 52.6. The molecule has 0 radical (unpaired) electrons. The molecule has 0 N–H and O–H groups in total. The molecule has 3 saturated heterocycles.